The molecule has 6 atom stereocenters. The minimum atomic E-state index is -1.50. The SMILES string of the molecule is CCCCCCCCC(=O)OC[C@H](CO[C@@H]1O[C@H](CS)[C@@H](O)[C@H](O)[C@H]1O)OC(=O)CCCCCCC. The molecule has 1 fully saturated rings. The summed E-state index contributed by atoms with van der Waals surface area (Å²) >= 11 is 4.09. The molecule has 0 bridgehead atoms. The molecule has 10 heteroatoms. The van der Waals surface area contributed by atoms with Gasteiger partial charge in [-0.2, -0.15) is 12.6 Å². The molecular weight excluding hydrogens is 488 g/mol. The molecule has 3 N–H and O–H groups in total. The first-order chi connectivity index (χ1) is 17.3. The normalized spacial score (nSPS) is 24.9. The highest BCUT2D eigenvalue weighted by atomic mass is 32.1. The third-order valence-electron chi connectivity index (χ3n) is 6.24. The number of ether oxygens (including phenoxy) is 4. The van der Waals surface area contributed by atoms with Crippen molar-refractivity contribution in [1.29, 1.82) is 0 Å². The van der Waals surface area contributed by atoms with Crippen LogP contribution in [0.3, 0.4) is 0 Å². The minimum Gasteiger partial charge on any atom is -0.462 e. The van der Waals surface area contributed by atoms with E-state index in [1.807, 2.05) is 0 Å². The molecule has 0 aromatic carbocycles. The first-order valence-corrected chi connectivity index (χ1v) is 14.2. The van der Waals surface area contributed by atoms with Gasteiger partial charge in [0, 0.05) is 18.6 Å². The fourth-order valence-electron chi connectivity index (χ4n) is 3.95. The van der Waals surface area contributed by atoms with Crippen molar-refractivity contribution < 1.29 is 43.9 Å². The van der Waals surface area contributed by atoms with E-state index in [9.17, 15) is 24.9 Å². The summed E-state index contributed by atoms with van der Waals surface area (Å²) in [6.07, 6.45) is 4.55. The Kier molecular flexibility index (Phi) is 18.5. The Bertz CT molecular complexity index is 590. The highest BCUT2D eigenvalue weighted by Crippen LogP contribution is 2.23. The quantitative estimate of drug-likeness (QED) is 0.105. The van der Waals surface area contributed by atoms with Gasteiger partial charge in [0.05, 0.1) is 12.7 Å². The third-order valence-corrected chi connectivity index (χ3v) is 6.60. The summed E-state index contributed by atoms with van der Waals surface area (Å²) in [7, 11) is 0. The number of hydrogen-bond donors (Lipinski definition) is 4. The third kappa shape index (κ3) is 13.6. The van der Waals surface area contributed by atoms with Crippen LogP contribution in [0, 0.1) is 0 Å². The van der Waals surface area contributed by atoms with Crippen LogP contribution in [0.1, 0.15) is 97.3 Å². The summed E-state index contributed by atoms with van der Waals surface area (Å²) in [6, 6.07) is 0. The number of carbonyl (C=O) groups excluding carboxylic acids is 2. The van der Waals surface area contributed by atoms with Crippen LogP contribution in [0.5, 0.6) is 0 Å². The van der Waals surface area contributed by atoms with Crippen molar-refractivity contribution in [3.05, 3.63) is 0 Å². The maximum absolute atomic E-state index is 12.4. The molecule has 0 aromatic heterocycles. The number of thiol groups is 1. The first kappa shape index (κ1) is 33.1. The Morgan fingerprint density at radius 3 is 1.92 bits per heavy atom. The highest BCUT2D eigenvalue weighted by Gasteiger charge is 2.44. The topological polar surface area (TPSA) is 132 Å². The molecule has 0 unspecified atom stereocenters. The van der Waals surface area contributed by atoms with Crippen LogP contribution in [0.15, 0.2) is 0 Å². The van der Waals surface area contributed by atoms with Crippen LogP contribution < -0.4 is 0 Å². The van der Waals surface area contributed by atoms with Crippen LogP contribution in [0.4, 0.5) is 0 Å². The fourth-order valence-corrected chi connectivity index (χ4v) is 4.25. The van der Waals surface area contributed by atoms with Crippen molar-refractivity contribution in [2.24, 2.45) is 0 Å². The second kappa shape index (κ2) is 20.1. The van der Waals surface area contributed by atoms with E-state index >= 15 is 0 Å². The average molecular weight is 537 g/mol. The van der Waals surface area contributed by atoms with Crippen molar-refractivity contribution >= 4 is 24.6 Å². The van der Waals surface area contributed by atoms with Crippen LogP contribution in [-0.4, -0.2) is 83.0 Å². The van der Waals surface area contributed by atoms with E-state index in [4.69, 9.17) is 18.9 Å². The number of aliphatic hydroxyl groups excluding tert-OH is 3. The smallest absolute Gasteiger partial charge is 0.306 e. The van der Waals surface area contributed by atoms with Crippen LogP contribution >= 0.6 is 12.6 Å². The number of carbonyl (C=O) groups is 2. The molecular formula is C26H48O9S. The lowest BCUT2D eigenvalue weighted by Gasteiger charge is -2.40. The van der Waals surface area contributed by atoms with E-state index in [-0.39, 0.29) is 31.4 Å². The van der Waals surface area contributed by atoms with E-state index in [1.165, 1.54) is 12.8 Å². The van der Waals surface area contributed by atoms with Crippen molar-refractivity contribution in [3.63, 3.8) is 0 Å². The van der Waals surface area contributed by atoms with Crippen LogP contribution in [-0.2, 0) is 28.5 Å². The highest BCUT2D eigenvalue weighted by molar-refractivity contribution is 7.80. The molecule has 0 aliphatic carbocycles. The van der Waals surface area contributed by atoms with Gasteiger partial charge in [-0.05, 0) is 12.8 Å². The monoisotopic (exact) mass is 536 g/mol. The fraction of sp³-hybridized carbons (Fsp3) is 0.923. The maximum atomic E-state index is 12.4. The second-order valence-electron chi connectivity index (χ2n) is 9.51. The summed E-state index contributed by atoms with van der Waals surface area (Å²) in [5.41, 5.74) is 0. The predicted octanol–water partition coefficient (Wildman–Crippen LogP) is 3.31. The molecule has 1 saturated heterocycles. The molecule has 0 spiro atoms. The zero-order valence-corrected chi connectivity index (χ0v) is 22.9. The van der Waals surface area contributed by atoms with Gasteiger partial charge in [0.25, 0.3) is 0 Å². The number of rotatable bonds is 20. The van der Waals surface area contributed by atoms with Crippen molar-refractivity contribution in [3.8, 4) is 0 Å². The van der Waals surface area contributed by atoms with Gasteiger partial charge in [-0.25, -0.2) is 0 Å². The van der Waals surface area contributed by atoms with E-state index in [1.54, 1.807) is 0 Å². The molecule has 1 aliphatic rings. The van der Waals surface area contributed by atoms with Gasteiger partial charge in [0.1, 0.15) is 24.9 Å². The second-order valence-corrected chi connectivity index (χ2v) is 9.87. The molecule has 0 radical (unpaired) electrons. The Morgan fingerprint density at radius 2 is 1.33 bits per heavy atom. The number of hydrogen-bond acceptors (Lipinski definition) is 10. The lowest BCUT2D eigenvalue weighted by Crippen LogP contribution is -2.59. The molecule has 0 saturated carbocycles. The maximum Gasteiger partial charge on any atom is 0.306 e. The van der Waals surface area contributed by atoms with Crippen molar-refractivity contribution in [2.45, 2.75) is 134 Å². The molecule has 1 heterocycles. The average Bonchev–Trinajstić information content (AvgIpc) is 2.87. The van der Waals surface area contributed by atoms with E-state index < -0.39 is 42.8 Å². The summed E-state index contributed by atoms with van der Waals surface area (Å²) in [5.74, 6) is -0.674. The number of aliphatic hydroxyl groups is 3. The molecule has 1 aliphatic heterocycles. The van der Waals surface area contributed by atoms with Crippen molar-refractivity contribution in [1.82, 2.24) is 0 Å². The van der Waals surface area contributed by atoms with Crippen LogP contribution in [0.2, 0.25) is 0 Å². The van der Waals surface area contributed by atoms with Crippen molar-refractivity contribution in [2.75, 3.05) is 19.0 Å². The van der Waals surface area contributed by atoms with E-state index in [2.05, 4.69) is 26.5 Å². The summed E-state index contributed by atoms with van der Waals surface area (Å²) < 4.78 is 21.9. The Balaban J connectivity index is 2.56. The molecule has 212 valence electrons. The van der Waals surface area contributed by atoms with Gasteiger partial charge in [-0.1, -0.05) is 71.6 Å². The van der Waals surface area contributed by atoms with Gasteiger partial charge in [0.15, 0.2) is 12.4 Å². The molecule has 9 nitrogen and oxygen atoms in total. The predicted molar refractivity (Wildman–Crippen MR) is 139 cm³/mol. The van der Waals surface area contributed by atoms with Gasteiger partial charge in [0.2, 0.25) is 0 Å². The first-order valence-electron chi connectivity index (χ1n) is 13.6. The summed E-state index contributed by atoms with van der Waals surface area (Å²) in [5, 5.41) is 30.3. The van der Waals surface area contributed by atoms with E-state index in [0.29, 0.717) is 12.8 Å². The molecule has 0 aromatic rings. The Hall–Kier alpha value is -0.910. The van der Waals surface area contributed by atoms with E-state index in [0.717, 1.165) is 51.4 Å². The summed E-state index contributed by atoms with van der Waals surface area (Å²) in [6.45, 7) is 3.88. The molecule has 1 rings (SSSR count). The van der Waals surface area contributed by atoms with Crippen LogP contribution in [0.25, 0.3) is 0 Å². The number of unbranched alkanes of at least 4 members (excludes halogenated alkanes) is 9. The van der Waals surface area contributed by atoms with Gasteiger partial charge in [-0.15, -0.1) is 0 Å². The Labute approximate surface area is 221 Å². The Morgan fingerprint density at radius 1 is 0.778 bits per heavy atom. The number of esters is 2. The zero-order valence-electron chi connectivity index (χ0n) is 22.0. The van der Waals surface area contributed by atoms with Gasteiger partial charge >= 0.3 is 11.9 Å². The van der Waals surface area contributed by atoms with Gasteiger partial charge < -0.3 is 34.3 Å². The summed E-state index contributed by atoms with van der Waals surface area (Å²) in [4.78, 5) is 24.5. The zero-order chi connectivity index (χ0) is 26.8. The lowest BCUT2D eigenvalue weighted by atomic mass is 10.00. The molecule has 36 heavy (non-hydrogen) atoms. The molecule has 0 amide bonds. The lowest BCUT2D eigenvalue weighted by molar-refractivity contribution is -0.296. The minimum absolute atomic E-state index is 0.108. The van der Waals surface area contributed by atoms with Gasteiger partial charge in [-0.3, -0.25) is 9.59 Å². The standard InChI is InChI=1S/C26H48O9S/c1-3-5-7-9-11-12-14-21(27)32-16-19(34-22(28)15-13-10-8-6-4-2)17-33-26-25(31)24(30)23(29)20(18-36)35-26/h19-20,23-26,29-31,36H,3-18H2,1-2H3/t19-,20-,23-,24+,25-,26-/m1/s1. The largest absolute Gasteiger partial charge is 0.462 e.